The third-order valence-electron chi connectivity index (χ3n) is 3.30. The molecular weight excluding hydrogens is 246 g/mol. The molecule has 0 aliphatic carbocycles. The minimum absolute atomic E-state index is 0. The molecule has 2 atom stereocenters. The average molecular weight is 272 g/mol. The quantitative estimate of drug-likeness (QED) is 0.780. The van der Waals surface area contributed by atoms with Crippen LogP contribution in [0.25, 0.3) is 0 Å². The van der Waals surface area contributed by atoms with E-state index in [4.69, 9.17) is 4.74 Å². The second-order valence-electron chi connectivity index (χ2n) is 5.03. The predicted octanol–water partition coefficient (Wildman–Crippen LogP) is 3.81. The van der Waals surface area contributed by atoms with Crippen LogP contribution in [0, 0.1) is 5.92 Å². The molecule has 0 saturated carbocycles. The molecule has 0 radical (unpaired) electrons. The van der Waals surface area contributed by atoms with Crippen LogP contribution in [0.15, 0.2) is 24.3 Å². The van der Waals surface area contributed by atoms with Gasteiger partial charge in [-0.15, -0.1) is 12.4 Å². The van der Waals surface area contributed by atoms with Gasteiger partial charge in [-0.05, 0) is 50.0 Å². The van der Waals surface area contributed by atoms with E-state index < -0.39 is 0 Å². The highest BCUT2D eigenvalue weighted by Crippen LogP contribution is 2.30. The number of hydrogen-bond donors (Lipinski definition) is 0. The van der Waals surface area contributed by atoms with E-state index in [2.05, 4.69) is 51.0 Å². The lowest BCUT2D eigenvalue weighted by Gasteiger charge is -2.26. The van der Waals surface area contributed by atoms with Gasteiger partial charge in [-0.1, -0.05) is 26.0 Å². The lowest BCUT2D eigenvalue weighted by molar-refractivity contribution is 0.301. The summed E-state index contributed by atoms with van der Waals surface area (Å²) in [6.45, 7) is 5.71. The van der Waals surface area contributed by atoms with Crippen molar-refractivity contribution in [2.24, 2.45) is 5.92 Å². The SMILES string of the molecule is CC[C@@H](c1cccc(OC)c1)[C@@H](C)CN(C)C.Cl. The van der Waals surface area contributed by atoms with Gasteiger partial charge in [-0.25, -0.2) is 0 Å². The van der Waals surface area contributed by atoms with Gasteiger partial charge in [0.1, 0.15) is 5.75 Å². The van der Waals surface area contributed by atoms with Crippen LogP contribution < -0.4 is 4.74 Å². The van der Waals surface area contributed by atoms with Crippen LogP contribution in [0.2, 0.25) is 0 Å². The van der Waals surface area contributed by atoms with E-state index in [0.717, 1.165) is 12.3 Å². The van der Waals surface area contributed by atoms with E-state index in [9.17, 15) is 0 Å². The number of rotatable bonds is 6. The molecule has 0 saturated heterocycles. The van der Waals surface area contributed by atoms with Gasteiger partial charge in [-0.2, -0.15) is 0 Å². The average Bonchev–Trinajstić information content (AvgIpc) is 2.29. The van der Waals surface area contributed by atoms with Crippen molar-refractivity contribution in [3.8, 4) is 5.75 Å². The molecule has 1 aromatic rings. The number of methoxy groups -OCH3 is 1. The van der Waals surface area contributed by atoms with Crippen LogP contribution in [0.4, 0.5) is 0 Å². The first-order valence-electron chi connectivity index (χ1n) is 6.37. The lowest BCUT2D eigenvalue weighted by atomic mass is 9.85. The summed E-state index contributed by atoms with van der Waals surface area (Å²) in [4.78, 5) is 2.26. The fourth-order valence-corrected chi connectivity index (χ4v) is 2.54. The Kier molecular flexibility index (Phi) is 8.05. The van der Waals surface area contributed by atoms with Gasteiger partial charge in [0.2, 0.25) is 0 Å². The Balaban J connectivity index is 0.00000289. The van der Waals surface area contributed by atoms with Crippen molar-refractivity contribution in [2.75, 3.05) is 27.7 Å². The molecule has 1 rings (SSSR count). The van der Waals surface area contributed by atoms with Crippen molar-refractivity contribution in [3.05, 3.63) is 29.8 Å². The molecule has 104 valence electrons. The number of benzene rings is 1. The Labute approximate surface area is 118 Å². The maximum Gasteiger partial charge on any atom is 0.119 e. The van der Waals surface area contributed by atoms with E-state index in [1.807, 2.05) is 6.07 Å². The Hall–Kier alpha value is -0.730. The maximum absolute atomic E-state index is 5.30. The fraction of sp³-hybridized carbons (Fsp3) is 0.600. The summed E-state index contributed by atoms with van der Waals surface area (Å²) in [6.07, 6.45) is 1.17. The molecule has 0 unspecified atom stereocenters. The van der Waals surface area contributed by atoms with E-state index >= 15 is 0 Å². The van der Waals surface area contributed by atoms with Gasteiger partial charge in [-0.3, -0.25) is 0 Å². The first kappa shape index (κ1) is 17.3. The van der Waals surface area contributed by atoms with Crippen LogP contribution in [0.3, 0.4) is 0 Å². The summed E-state index contributed by atoms with van der Waals surface area (Å²) in [7, 11) is 5.99. The van der Waals surface area contributed by atoms with E-state index in [1.54, 1.807) is 7.11 Å². The molecule has 0 bridgehead atoms. The van der Waals surface area contributed by atoms with Crippen molar-refractivity contribution < 1.29 is 4.74 Å². The number of hydrogen-bond acceptors (Lipinski definition) is 2. The van der Waals surface area contributed by atoms with E-state index in [-0.39, 0.29) is 12.4 Å². The smallest absolute Gasteiger partial charge is 0.119 e. The topological polar surface area (TPSA) is 12.5 Å². The highest BCUT2D eigenvalue weighted by molar-refractivity contribution is 5.85. The van der Waals surface area contributed by atoms with Gasteiger partial charge in [0.15, 0.2) is 0 Å². The first-order valence-corrected chi connectivity index (χ1v) is 6.37. The van der Waals surface area contributed by atoms with Gasteiger partial charge < -0.3 is 9.64 Å². The van der Waals surface area contributed by atoms with E-state index in [0.29, 0.717) is 11.8 Å². The standard InChI is InChI=1S/C15H25NO.ClH/c1-6-15(12(2)11-16(3)4)13-8-7-9-14(10-13)17-5;/h7-10,12,15H,6,11H2,1-5H3;1H/t12-,15+;/m0./s1. The Morgan fingerprint density at radius 1 is 1.28 bits per heavy atom. The second kappa shape index (κ2) is 8.39. The molecule has 0 fully saturated rings. The Bertz CT molecular complexity index is 341. The number of nitrogens with zero attached hydrogens (tertiary/aromatic N) is 1. The molecule has 0 amide bonds. The third-order valence-corrected chi connectivity index (χ3v) is 3.30. The van der Waals surface area contributed by atoms with Crippen LogP contribution in [-0.4, -0.2) is 32.6 Å². The molecule has 0 aromatic heterocycles. The van der Waals surface area contributed by atoms with Gasteiger partial charge >= 0.3 is 0 Å². The molecule has 18 heavy (non-hydrogen) atoms. The molecule has 2 nitrogen and oxygen atoms in total. The lowest BCUT2D eigenvalue weighted by Crippen LogP contribution is -2.24. The maximum atomic E-state index is 5.30. The fourth-order valence-electron chi connectivity index (χ4n) is 2.54. The molecule has 0 N–H and O–H groups in total. The van der Waals surface area contributed by atoms with Crippen molar-refractivity contribution >= 4 is 12.4 Å². The molecule has 0 aliphatic rings. The van der Waals surface area contributed by atoms with Gasteiger partial charge in [0, 0.05) is 6.54 Å². The van der Waals surface area contributed by atoms with Crippen LogP contribution in [-0.2, 0) is 0 Å². The van der Waals surface area contributed by atoms with Crippen LogP contribution >= 0.6 is 12.4 Å². The number of halogens is 1. The minimum atomic E-state index is 0. The minimum Gasteiger partial charge on any atom is -0.497 e. The van der Waals surface area contributed by atoms with Crippen LogP contribution in [0.5, 0.6) is 5.75 Å². The normalized spacial score (nSPS) is 13.9. The molecule has 1 aromatic carbocycles. The highest BCUT2D eigenvalue weighted by Gasteiger charge is 2.18. The first-order chi connectivity index (χ1) is 8.08. The summed E-state index contributed by atoms with van der Waals surface area (Å²) in [5, 5.41) is 0. The summed E-state index contributed by atoms with van der Waals surface area (Å²) in [5.41, 5.74) is 1.39. The summed E-state index contributed by atoms with van der Waals surface area (Å²) in [5.74, 6) is 2.22. The zero-order chi connectivity index (χ0) is 12.8. The van der Waals surface area contributed by atoms with E-state index in [1.165, 1.54) is 12.0 Å². The van der Waals surface area contributed by atoms with Gasteiger partial charge in [0.05, 0.1) is 7.11 Å². The molecule has 0 aliphatic heterocycles. The Morgan fingerprint density at radius 3 is 2.44 bits per heavy atom. The second-order valence-corrected chi connectivity index (χ2v) is 5.03. The monoisotopic (exact) mass is 271 g/mol. The zero-order valence-corrected chi connectivity index (χ0v) is 13.0. The molecular formula is C15H26ClNO. The van der Waals surface area contributed by atoms with Crippen molar-refractivity contribution in [1.29, 1.82) is 0 Å². The summed E-state index contributed by atoms with van der Waals surface area (Å²) in [6, 6.07) is 8.47. The molecule has 3 heteroatoms. The number of ether oxygens (including phenoxy) is 1. The summed E-state index contributed by atoms with van der Waals surface area (Å²) >= 11 is 0. The van der Waals surface area contributed by atoms with Gasteiger partial charge in [0.25, 0.3) is 0 Å². The van der Waals surface area contributed by atoms with Crippen molar-refractivity contribution in [3.63, 3.8) is 0 Å². The van der Waals surface area contributed by atoms with Crippen molar-refractivity contribution in [1.82, 2.24) is 4.90 Å². The van der Waals surface area contributed by atoms with Crippen LogP contribution in [0.1, 0.15) is 31.7 Å². The largest absolute Gasteiger partial charge is 0.497 e. The highest BCUT2D eigenvalue weighted by atomic mass is 35.5. The predicted molar refractivity (Wildman–Crippen MR) is 81.0 cm³/mol. The zero-order valence-electron chi connectivity index (χ0n) is 12.1. The summed E-state index contributed by atoms with van der Waals surface area (Å²) < 4.78 is 5.30. The third kappa shape index (κ3) is 4.87. The Morgan fingerprint density at radius 2 is 1.94 bits per heavy atom. The van der Waals surface area contributed by atoms with Crippen molar-refractivity contribution in [2.45, 2.75) is 26.2 Å². The molecule has 0 heterocycles. The molecule has 0 spiro atoms.